The van der Waals surface area contributed by atoms with E-state index in [0.29, 0.717) is 12.0 Å². The van der Waals surface area contributed by atoms with Crippen LogP contribution in [0.1, 0.15) is 52.7 Å². The van der Waals surface area contributed by atoms with Gasteiger partial charge in [-0.25, -0.2) is 4.79 Å². The van der Waals surface area contributed by atoms with Crippen molar-refractivity contribution in [2.24, 2.45) is 13.0 Å². The summed E-state index contributed by atoms with van der Waals surface area (Å²) in [5, 5.41) is 7.98. The number of ether oxygens (including phenoxy) is 1. The van der Waals surface area contributed by atoms with E-state index in [1.165, 1.54) is 0 Å². The first-order valence-corrected chi connectivity index (χ1v) is 8.94. The Balaban J connectivity index is 1.72. The number of nitrogens with zero attached hydrogens (tertiary/aromatic N) is 3. The summed E-state index contributed by atoms with van der Waals surface area (Å²) < 4.78 is 7.52. The van der Waals surface area contributed by atoms with Gasteiger partial charge in [0.15, 0.2) is 0 Å². The van der Waals surface area contributed by atoms with Crippen LogP contribution in [0.2, 0.25) is 0 Å². The molecule has 6 heteroatoms. The number of fused-ring (bicyclic) bond motifs is 2. The summed E-state index contributed by atoms with van der Waals surface area (Å²) in [6.07, 6.45) is 4.83. The lowest BCUT2D eigenvalue weighted by Crippen LogP contribution is -2.55. The number of anilines is 1. The highest BCUT2D eigenvalue weighted by Crippen LogP contribution is 2.41. The van der Waals surface area contributed by atoms with Gasteiger partial charge in [-0.2, -0.15) is 5.10 Å². The number of rotatable bonds is 2. The Bertz CT molecular complexity index is 619. The number of aryl methyl sites for hydroxylation is 1. The molecule has 1 aromatic rings. The first-order valence-electron chi connectivity index (χ1n) is 8.94. The summed E-state index contributed by atoms with van der Waals surface area (Å²) >= 11 is 0. The van der Waals surface area contributed by atoms with Crippen LogP contribution in [0, 0.1) is 12.8 Å². The lowest BCUT2D eigenvalue weighted by atomic mass is 9.87. The van der Waals surface area contributed by atoms with Crippen molar-refractivity contribution in [2.75, 3.05) is 5.32 Å². The first-order chi connectivity index (χ1) is 11.2. The second-order valence-electron chi connectivity index (χ2n) is 8.30. The second kappa shape index (κ2) is 5.97. The van der Waals surface area contributed by atoms with E-state index in [1.54, 1.807) is 0 Å². The SMILES string of the molecule is Cc1c(NC2CC3CCC(C2C)N3C(=O)OC(C)(C)C)cnn1C. The Morgan fingerprint density at radius 3 is 2.67 bits per heavy atom. The molecule has 3 rings (SSSR count). The van der Waals surface area contributed by atoms with Crippen LogP contribution in [0.4, 0.5) is 10.5 Å². The second-order valence-corrected chi connectivity index (χ2v) is 8.30. The van der Waals surface area contributed by atoms with Crippen LogP contribution in [0.15, 0.2) is 6.20 Å². The van der Waals surface area contributed by atoms with Crippen LogP contribution in [0.5, 0.6) is 0 Å². The van der Waals surface area contributed by atoms with Gasteiger partial charge in [0.1, 0.15) is 5.60 Å². The van der Waals surface area contributed by atoms with Crippen LogP contribution < -0.4 is 5.32 Å². The summed E-state index contributed by atoms with van der Waals surface area (Å²) in [7, 11) is 1.96. The molecular formula is C18H30N4O2. The molecule has 1 N–H and O–H groups in total. The summed E-state index contributed by atoms with van der Waals surface area (Å²) in [6.45, 7) is 10.1. The highest BCUT2D eigenvalue weighted by molar-refractivity contribution is 5.70. The molecule has 2 aliphatic heterocycles. The molecule has 2 aliphatic rings. The number of hydrogen-bond acceptors (Lipinski definition) is 4. The quantitative estimate of drug-likeness (QED) is 0.901. The van der Waals surface area contributed by atoms with E-state index in [0.717, 1.165) is 30.6 Å². The third-order valence-electron chi connectivity index (χ3n) is 5.49. The minimum absolute atomic E-state index is 0.155. The van der Waals surface area contributed by atoms with Gasteiger partial charge in [0.25, 0.3) is 0 Å². The van der Waals surface area contributed by atoms with Crippen molar-refractivity contribution >= 4 is 11.8 Å². The summed E-state index contributed by atoms with van der Waals surface area (Å²) in [5.41, 5.74) is 1.80. The number of amides is 1. The fraction of sp³-hybridized carbons (Fsp3) is 0.778. The van der Waals surface area contributed by atoms with Gasteiger partial charge in [0, 0.05) is 25.2 Å². The zero-order chi connectivity index (χ0) is 17.6. The van der Waals surface area contributed by atoms with Crippen molar-refractivity contribution in [3.05, 3.63) is 11.9 Å². The highest BCUT2D eigenvalue weighted by Gasteiger charge is 2.48. The molecule has 24 heavy (non-hydrogen) atoms. The van der Waals surface area contributed by atoms with Gasteiger partial charge >= 0.3 is 6.09 Å². The minimum Gasteiger partial charge on any atom is -0.444 e. The van der Waals surface area contributed by atoms with Crippen LogP contribution in [0.3, 0.4) is 0 Å². The largest absolute Gasteiger partial charge is 0.444 e. The Hall–Kier alpha value is -1.72. The van der Waals surface area contributed by atoms with Gasteiger partial charge in [-0.05, 0) is 52.9 Å². The van der Waals surface area contributed by atoms with Gasteiger partial charge in [0.05, 0.1) is 17.6 Å². The van der Waals surface area contributed by atoms with Gasteiger partial charge in [-0.1, -0.05) is 6.92 Å². The Morgan fingerprint density at radius 2 is 2.08 bits per heavy atom. The fourth-order valence-electron chi connectivity index (χ4n) is 4.07. The van der Waals surface area contributed by atoms with Gasteiger partial charge in [0.2, 0.25) is 0 Å². The van der Waals surface area contributed by atoms with Crippen LogP contribution in [-0.2, 0) is 11.8 Å². The van der Waals surface area contributed by atoms with E-state index in [2.05, 4.69) is 24.3 Å². The van der Waals surface area contributed by atoms with Crippen molar-refractivity contribution in [1.82, 2.24) is 14.7 Å². The smallest absolute Gasteiger partial charge is 0.410 e. The molecule has 0 aromatic carbocycles. The molecule has 0 radical (unpaired) electrons. The predicted octanol–water partition coefficient (Wildman–Crippen LogP) is 3.32. The lowest BCUT2D eigenvalue weighted by molar-refractivity contribution is -0.00151. The van der Waals surface area contributed by atoms with Crippen molar-refractivity contribution in [1.29, 1.82) is 0 Å². The zero-order valence-electron chi connectivity index (χ0n) is 15.7. The highest BCUT2D eigenvalue weighted by atomic mass is 16.6. The number of aromatic nitrogens is 2. The molecule has 2 fully saturated rings. The van der Waals surface area contributed by atoms with Gasteiger partial charge in [-0.3, -0.25) is 4.68 Å². The molecule has 3 heterocycles. The van der Waals surface area contributed by atoms with Crippen LogP contribution >= 0.6 is 0 Å². The van der Waals surface area contributed by atoms with E-state index in [-0.39, 0.29) is 18.2 Å². The lowest BCUT2D eigenvalue weighted by Gasteiger charge is -2.44. The molecule has 1 amide bonds. The summed E-state index contributed by atoms with van der Waals surface area (Å²) in [5.74, 6) is 0.385. The number of carbonyl (C=O) groups excluding carboxylic acids is 1. The minimum atomic E-state index is -0.443. The molecule has 6 nitrogen and oxygen atoms in total. The topological polar surface area (TPSA) is 59.4 Å². The molecular weight excluding hydrogens is 304 g/mol. The maximum atomic E-state index is 12.6. The fourth-order valence-corrected chi connectivity index (χ4v) is 4.07. The van der Waals surface area contributed by atoms with E-state index >= 15 is 0 Å². The molecule has 2 bridgehead atoms. The molecule has 2 saturated heterocycles. The third-order valence-corrected chi connectivity index (χ3v) is 5.49. The zero-order valence-corrected chi connectivity index (χ0v) is 15.7. The van der Waals surface area contributed by atoms with E-state index in [9.17, 15) is 4.79 Å². The Morgan fingerprint density at radius 1 is 1.38 bits per heavy atom. The number of nitrogens with one attached hydrogen (secondary N) is 1. The normalized spacial score (nSPS) is 29.7. The molecule has 0 aliphatic carbocycles. The van der Waals surface area contributed by atoms with Crippen molar-refractivity contribution < 1.29 is 9.53 Å². The molecule has 0 spiro atoms. The molecule has 0 saturated carbocycles. The number of hydrogen-bond donors (Lipinski definition) is 1. The first kappa shape index (κ1) is 17.1. The monoisotopic (exact) mass is 334 g/mol. The third kappa shape index (κ3) is 3.10. The standard InChI is InChI=1S/C18H30N4O2/c1-11-14(20-15-10-19-21(6)12(15)2)9-13-7-8-16(11)22(13)17(23)24-18(3,4)5/h10-11,13-14,16,20H,7-9H2,1-6H3. The van der Waals surface area contributed by atoms with E-state index in [4.69, 9.17) is 4.74 Å². The van der Waals surface area contributed by atoms with Gasteiger partial charge in [-0.15, -0.1) is 0 Å². The number of piperidine rings is 1. The van der Waals surface area contributed by atoms with Crippen LogP contribution in [0.25, 0.3) is 0 Å². The summed E-state index contributed by atoms with van der Waals surface area (Å²) in [4.78, 5) is 14.6. The van der Waals surface area contributed by atoms with Gasteiger partial charge < -0.3 is 15.0 Å². The molecule has 4 atom stereocenters. The van der Waals surface area contributed by atoms with Crippen LogP contribution in [-0.4, -0.2) is 44.5 Å². The Labute approximate surface area is 144 Å². The Kier molecular flexibility index (Phi) is 4.26. The summed E-state index contributed by atoms with van der Waals surface area (Å²) in [6, 6.07) is 0.896. The van der Waals surface area contributed by atoms with Crippen molar-refractivity contribution in [3.8, 4) is 0 Å². The number of carbonyl (C=O) groups is 1. The average molecular weight is 334 g/mol. The van der Waals surface area contributed by atoms with Crippen molar-refractivity contribution in [2.45, 2.75) is 77.6 Å². The maximum Gasteiger partial charge on any atom is 0.410 e. The average Bonchev–Trinajstić information content (AvgIpc) is 2.97. The maximum absolute atomic E-state index is 12.6. The predicted molar refractivity (Wildman–Crippen MR) is 94.0 cm³/mol. The van der Waals surface area contributed by atoms with E-state index in [1.807, 2.05) is 43.6 Å². The molecule has 134 valence electrons. The molecule has 4 unspecified atom stereocenters. The van der Waals surface area contributed by atoms with Crippen molar-refractivity contribution in [3.63, 3.8) is 0 Å². The molecule has 1 aromatic heterocycles. The van der Waals surface area contributed by atoms with E-state index < -0.39 is 5.60 Å².